The van der Waals surface area contributed by atoms with Crippen molar-refractivity contribution in [2.75, 3.05) is 18.4 Å². The van der Waals surface area contributed by atoms with E-state index >= 15 is 0 Å². The van der Waals surface area contributed by atoms with E-state index in [1.165, 1.54) is 10.4 Å². The van der Waals surface area contributed by atoms with Crippen molar-refractivity contribution in [3.8, 4) is 0 Å². The molecule has 0 radical (unpaired) electrons. The Bertz CT molecular complexity index is 1280. The molecule has 1 fully saturated rings. The van der Waals surface area contributed by atoms with Crippen LogP contribution in [0.5, 0.6) is 0 Å². The van der Waals surface area contributed by atoms with Crippen LogP contribution in [0.25, 0.3) is 0 Å². The number of nitrogens with one attached hydrogen (secondary N) is 1. The van der Waals surface area contributed by atoms with Crippen LogP contribution in [-0.2, 0) is 17.6 Å². The highest BCUT2D eigenvalue weighted by Gasteiger charge is 2.26. The van der Waals surface area contributed by atoms with Crippen molar-refractivity contribution in [2.24, 2.45) is 0 Å². The molecule has 1 saturated heterocycles. The van der Waals surface area contributed by atoms with Crippen molar-refractivity contribution in [3.05, 3.63) is 100 Å². The third-order valence-electron chi connectivity index (χ3n) is 6.26. The summed E-state index contributed by atoms with van der Waals surface area (Å²) in [5.41, 5.74) is 3.31. The van der Waals surface area contributed by atoms with Crippen molar-refractivity contribution in [1.82, 2.24) is 19.9 Å². The van der Waals surface area contributed by atoms with Gasteiger partial charge in [-0.15, -0.1) is 11.3 Å². The van der Waals surface area contributed by atoms with E-state index in [1.54, 1.807) is 11.3 Å². The van der Waals surface area contributed by atoms with Gasteiger partial charge in [-0.3, -0.25) is 4.79 Å². The molecule has 4 aromatic rings. The number of nitrogens with zero attached hydrogens (tertiary/aromatic N) is 4. The van der Waals surface area contributed by atoms with Crippen molar-refractivity contribution in [1.29, 1.82) is 0 Å². The lowest BCUT2D eigenvalue weighted by molar-refractivity contribution is -0.131. The molecule has 1 amide bonds. The Kier molecular flexibility index (Phi) is 7.14. The van der Waals surface area contributed by atoms with Gasteiger partial charge < -0.3 is 10.2 Å². The number of hydrogen-bond acceptors (Lipinski definition) is 6. The van der Waals surface area contributed by atoms with Crippen LogP contribution in [0.2, 0.25) is 0 Å². The van der Waals surface area contributed by atoms with E-state index in [1.807, 2.05) is 60.5 Å². The second-order valence-corrected chi connectivity index (χ2v) is 10.1. The molecule has 3 heterocycles. The fraction of sp³-hybridized carbons (Fsp3) is 0.286. The molecule has 0 bridgehead atoms. The molecule has 0 aliphatic carbocycles. The predicted molar refractivity (Wildman–Crippen MR) is 140 cm³/mol. The third kappa shape index (κ3) is 6.11. The molecule has 7 heteroatoms. The zero-order chi connectivity index (χ0) is 24.0. The van der Waals surface area contributed by atoms with Gasteiger partial charge in [-0.1, -0.05) is 60.7 Å². The van der Waals surface area contributed by atoms with Crippen LogP contribution in [-0.4, -0.2) is 38.8 Å². The molecule has 2 aromatic carbocycles. The van der Waals surface area contributed by atoms with Gasteiger partial charge in [-0.25, -0.2) is 15.0 Å². The fourth-order valence-corrected chi connectivity index (χ4v) is 5.40. The van der Waals surface area contributed by atoms with Gasteiger partial charge in [0.15, 0.2) is 5.13 Å². The third-order valence-corrected chi connectivity index (χ3v) is 7.17. The van der Waals surface area contributed by atoms with Crippen molar-refractivity contribution >= 4 is 28.2 Å². The number of aromatic nitrogens is 3. The summed E-state index contributed by atoms with van der Waals surface area (Å²) in [6.45, 7) is 3.42. The van der Waals surface area contributed by atoms with Gasteiger partial charge in [0.05, 0.1) is 12.1 Å². The molecule has 1 N–H and O–H groups in total. The minimum Gasteiger partial charge on any atom is -0.342 e. The summed E-state index contributed by atoms with van der Waals surface area (Å²) < 4.78 is 0. The number of thiazole rings is 1. The number of piperidine rings is 1. The molecule has 5 rings (SSSR count). The van der Waals surface area contributed by atoms with E-state index in [4.69, 9.17) is 4.98 Å². The van der Waals surface area contributed by atoms with Gasteiger partial charge in [-0.05, 0) is 30.9 Å². The van der Waals surface area contributed by atoms with Crippen molar-refractivity contribution in [3.63, 3.8) is 0 Å². The van der Waals surface area contributed by atoms with E-state index in [0.29, 0.717) is 13.0 Å². The quantitative estimate of drug-likeness (QED) is 0.375. The molecule has 0 unspecified atom stereocenters. The first-order valence-corrected chi connectivity index (χ1v) is 12.9. The molecule has 6 nitrogen and oxygen atoms in total. The molecule has 1 atom stereocenters. The Balaban J connectivity index is 1.25. The highest BCUT2D eigenvalue weighted by molar-refractivity contribution is 7.15. The minimum atomic E-state index is 0.179. The molecule has 35 heavy (non-hydrogen) atoms. The van der Waals surface area contributed by atoms with E-state index in [0.717, 1.165) is 53.8 Å². The molecular weight excluding hydrogens is 454 g/mol. The summed E-state index contributed by atoms with van der Waals surface area (Å²) >= 11 is 1.64. The Morgan fingerprint density at radius 1 is 1.06 bits per heavy atom. The number of carbonyl (C=O) groups is 1. The molecule has 0 spiro atoms. The number of benzene rings is 2. The van der Waals surface area contributed by atoms with Crippen LogP contribution in [0.4, 0.5) is 10.9 Å². The second-order valence-electron chi connectivity index (χ2n) is 8.99. The molecular formula is C28H29N5OS. The average Bonchev–Trinajstić information content (AvgIpc) is 3.31. The Morgan fingerprint density at radius 2 is 1.80 bits per heavy atom. The van der Waals surface area contributed by atoms with Crippen LogP contribution >= 0.6 is 11.3 Å². The van der Waals surface area contributed by atoms with E-state index in [-0.39, 0.29) is 11.8 Å². The number of aryl methyl sites for hydroxylation is 1. The number of anilines is 2. The smallest absolute Gasteiger partial charge is 0.227 e. The zero-order valence-electron chi connectivity index (χ0n) is 19.9. The lowest BCUT2D eigenvalue weighted by atomic mass is 9.94. The van der Waals surface area contributed by atoms with Gasteiger partial charge in [0, 0.05) is 42.6 Å². The standard InChI is InChI=1S/C28H29N5OS/c1-20-30-25(23-13-8-14-33(19-23)27(34)16-22-11-6-3-7-12-22)17-26(31-20)32-28-29-18-24(35-28)15-21-9-4-2-5-10-21/h2-7,9-12,17-18,23H,8,13-16,19H2,1H3,(H,29,30,31,32)/t23-/m0/s1. The maximum Gasteiger partial charge on any atom is 0.227 e. The minimum absolute atomic E-state index is 0.179. The number of hydrogen-bond donors (Lipinski definition) is 1. The van der Waals surface area contributed by atoms with Crippen LogP contribution in [0.15, 0.2) is 72.9 Å². The number of carbonyl (C=O) groups excluding carboxylic acids is 1. The molecule has 1 aliphatic heterocycles. The van der Waals surface area contributed by atoms with Gasteiger partial charge >= 0.3 is 0 Å². The van der Waals surface area contributed by atoms with Crippen LogP contribution in [0.3, 0.4) is 0 Å². The number of amides is 1. The Morgan fingerprint density at radius 3 is 2.57 bits per heavy atom. The monoisotopic (exact) mass is 483 g/mol. The summed E-state index contributed by atoms with van der Waals surface area (Å²) in [7, 11) is 0. The molecule has 2 aromatic heterocycles. The highest BCUT2D eigenvalue weighted by atomic mass is 32.1. The fourth-order valence-electron chi connectivity index (χ4n) is 4.54. The van der Waals surface area contributed by atoms with Gasteiger partial charge in [0.1, 0.15) is 11.6 Å². The van der Waals surface area contributed by atoms with Crippen LogP contribution in [0.1, 0.15) is 46.3 Å². The topological polar surface area (TPSA) is 71.0 Å². The zero-order valence-corrected chi connectivity index (χ0v) is 20.7. The first-order chi connectivity index (χ1) is 17.1. The van der Waals surface area contributed by atoms with E-state index in [9.17, 15) is 4.79 Å². The van der Waals surface area contributed by atoms with E-state index < -0.39 is 0 Å². The Labute approximate surface area is 210 Å². The van der Waals surface area contributed by atoms with Gasteiger partial charge in [0.2, 0.25) is 5.91 Å². The van der Waals surface area contributed by atoms with Gasteiger partial charge in [0.25, 0.3) is 0 Å². The van der Waals surface area contributed by atoms with Crippen LogP contribution < -0.4 is 5.32 Å². The first-order valence-electron chi connectivity index (χ1n) is 12.1. The number of likely N-dealkylation sites (tertiary alicyclic amines) is 1. The molecule has 0 saturated carbocycles. The summed E-state index contributed by atoms with van der Waals surface area (Å²) in [4.78, 5) is 30.0. The summed E-state index contributed by atoms with van der Waals surface area (Å²) in [5, 5.41) is 4.20. The largest absolute Gasteiger partial charge is 0.342 e. The Hall–Kier alpha value is -3.58. The highest BCUT2D eigenvalue weighted by Crippen LogP contribution is 2.29. The van der Waals surface area contributed by atoms with Crippen molar-refractivity contribution in [2.45, 2.75) is 38.5 Å². The number of rotatable bonds is 7. The second kappa shape index (κ2) is 10.8. The molecule has 178 valence electrons. The first kappa shape index (κ1) is 23.2. The van der Waals surface area contributed by atoms with Crippen LogP contribution in [0, 0.1) is 6.92 Å². The molecule has 1 aliphatic rings. The summed E-state index contributed by atoms with van der Waals surface area (Å²) in [6, 6.07) is 22.4. The maximum absolute atomic E-state index is 12.9. The lowest BCUT2D eigenvalue weighted by Crippen LogP contribution is -2.40. The summed E-state index contributed by atoms with van der Waals surface area (Å²) in [6.07, 6.45) is 5.23. The maximum atomic E-state index is 12.9. The van der Waals surface area contributed by atoms with Gasteiger partial charge in [-0.2, -0.15) is 0 Å². The lowest BCUT2D eigenvalue weighted by Gasteiger charge is -2.32. The summed E-state index contributed by atoms with van der Waals surface area (Å²) in [5.74, 6) is 1.86. The van der Waals surface area contributed by atoms with E-state index in [2.05, 4.69) is 39.6 Å². The van der Waals surface area contributed by atoms with Crippen molar-refractivity contribution < 1.29 is 4.79 Å². The normalized spacial score (nSPS) is 15.7. The SMILES string of the molecule is Cc1nc(Nc2ncc(Cc3ccccc3)s2)cc([C@H]2CCCN(C(=O)Cc3ccccc3)C2)n1. The average molecular weight is 484 g/mol. The predicted octanol–water partition coefficient (Wildman–Crippen LogP) is 5.52.